The predicted octanol–water partition coefficient (Wildman–Crippen LogP) is -4.79. The van der Waals surface area contributed by atoms with Crippen LogP contribution in [-0.4, -0.2) is 303 Å². The number of carbonyl (C=O) groups is 21. The van der Waals surface area contributed by atoms with Crippen LogP contribution in [0.3, 0.4) is 0 Å². The Morgan fingerprint density at radius 3 is 0.966 bits per heavy atom. The summed E-state index contributed by atoms with van der Waals surface area (Å²) in [5, 5.41) is 93.9. The first-order chi connectivity index (χ1) is 68.3. The second-order valence-corrected chi connectivity index (χ2v) is 37.8. The topological polar surface area (TPSA) is 820 Å². The van der Waals surface area contributed by atoms with Crippen molar-refractivity contribution >= 4 is 137 Å². The van der Waals surface area contributed by atoms with E-state index in [9.17, 15) is 126 Å². The molecule has 1 aromatic carbocycles. The Morgan fingerprint density at radius 1 is 0.317 bits per heavy atom. The molecule has 0 spiro atoms. The quantitative estimate of drug-likeness (QED) is 0.0215. The average Bonchev–Trinajstić information content (AvgIpc) is 0.869. The highest BCUT2D eigenvalue weighted by Crippen LogP contribution is 2.20. The van der Waals surface area contributed by atoms with Crippen LogP contribution >= 0.6 is 12.6 Å². The Hall–Kier alpha value is -11.8. The lowest BCUT2D eigenvalue weighted by molar-refractivity contribution is -0.144. The molecule has 0 saturated heterocycles. The molecule has 0 saturated carbocycles. The molecule has 822 valence electrons. The fraction of sp³-hybridized carbons (Fsp3) is 0.716. The monoisotopic (exact) mass is 2080 g/mol. The molecule has 34 N–H and O–H groups in total. The molecule has 0 heterocycles. The van der Waals surface area contributed by atoms with Crippen LogP contribution in [0.4, 0.5) is 0 Å². The van der Waals surface area contributed by atoms with E-state index >= 15 is 0 Å². The third-order valence-corrected chi connectivity index (χ3v) is 25.4. The largest absolute Gasteiger partial charge is 0.481 e. The number of nitrogens with two attached hydrogens (primary N) is 6. The van der Waals surface area contributed by atoms with Crippen molar-refractivity contribution in [3.8, 4) is 0 Å². The van der Waals surface area contributed by atoms with Gasteiger partial charge in [0, 0.05) is 18.6 Å². The molecule has 1 rings (SSSR count). The van der Waals surface area contributed by atoms with Gasteiger partial charge in [-0.05, 0) is 171 Å². The van der Waals surface area contributed by atoms with Gasteiger partial charge in [0.1, 0.15) is 103 Å². The summed E-state index contributed by atoms with van der Waals surface area (Å²) in [6, 6.07) is -19.8. The summed E-state index contributed by atoms with van der Waals surface area (Å²) in [6.45, 7) is 21.9. The van der Waals surface area contributed by atoms with Gasteiger partial charge in [0.05, 0.1) is 31.6 Å². The molecule has 0 unspecified atom stereocenters. The number of primary amides is 1. The van der Waals surface area contributed by atoms with Crippen molar-refractivity contribution in [2.45, 2.75) is 359 Å². The maximum absolute atomic E-state index is 14.7. The number of amides is 18. The third kappa shape index (κ3) is 48.4. The summed E-state index contributed by atoms with van der Waals surface area (Å²) in [7, 11) is 0. The zero-order chi connectivity index (χ0) is 110. The highest BCUT2D eigenvalue weighted by Gasteiger charge is 2.43. The standard InChI is InChI=1S/C95H165N23O26S/c1-15-50(8)72(90(138)102-55(13)78(126)103-59(33-23-27-39-96)80(128)105-63(37-38-70(122)123)84(132)118-77(56(14)120)94(142)116-75(53(11)18-4)93(141)110-66(46-69(101)121)86(134)104-61(35-25-29-41-98)83(131)117-76(95(143)144)54(12)19-5)115-89(137)68(48-145)112-85(133)65(44-57-31-21-20-22-32-57)109-88(136)67(47-119)111-81(129)60(34-24-28-40-97)106-91(139)73(51(9)16-2)113-82(130)62(36-26-30-42-99)107-92(140)74(52(10)17-3)114-87(135)64(43-49(6)7)108-79(127)58(100)45-71(124)125/h20-22,31-32,49-56,58-68,72-77,119-120,145H,15-19,23-30,33-48,96-100H2,1-14H3,(H2,101,121)(H,102,138)(H,103,126)(H,104,134)(H,105,128)(H,106,139)(H,107,140)(H,108,127)(H,109,136)(H,110,141)(H,111,129)(H,112,133)(H,113,130)(H,114,135)(H,115,137)(H,116,142)(H,117,131)(H,118,132)(H,122,123)(H,124,125)(H,143,144)/t50-,51-,52-,53-,54-,55-,56+,58-,59-,60-,61-,62-,63-,64-,65-,66-,67-,68-,72-,73-,74-,75-,76-,77-/m0/s1. The van der Waals surface area contributed by atoms with Crippen LogP contribution in [0, 0.1) is 35.5 Å². The first-order valence-corrected chi connectivity index (χ1v) is 50.6. The predicted molar refractivity (Wildman–Crippen MR) is 538 cm³/mol. The van der Waals surface area contributed by atoms with Crippen LogP contribution in [0.15, 0.2) is 30.3 Å². The Kier molecular flexibility index (Phi) is 63.4. The van der Waals surface area contributed by atoms with E-state index in [1.165, 1.54) is 13.8 Å². The van der Waals surface area contributed by atoms with Crippen LogP contribution < -0.4 is 125 Å². The summed E-state index contributed by atoms with van der Waals surface area (Å²) in [5.41, 5.74) is 35.0. The number of unbranched alkanes of at least 4 members (excludes halogenated alkanes) is 4. The average molecular weight is 2080 g/mol. The number of aliphatic carboxylic acids is 3. The van der Waals surface area contributed by atoms with Gasteiger partial charge in [-0.3, -0.25) is 95.9 Å². The Morgan fingerprint density at radius 2 is 0.607 bits per heavy atom. The highest BCUT2D eigenvalue weighted by atomic mass is 32.1. The Bertz CT molecular complexity index is 4350. The van der Waals surface area contributed by atoms with Crippen LogP contribution in [0.25, 0.3) is 0 Å². The molecule has 0 bridgehead atoms. The first kappa shape index (κ1) is 131. The SMILES string of the molecule is CC[C@H](C)[C@H](NC(=O)[C@H](CCCCN)NC(=O)[C@H](CC(N)=O)NC(=O)[C@@H](NC(=O)[C@@H](NC(=O)[C@H](CCC(=O)O)NC(=O)[C@H](CCCCN)NC(=O)[C@H](C)NC(=O)[C@@H](NC(=O)[C@H](CS)NC(=O)[C@H](Cc1ccccc1)NC(=O)[C@H](CO)NC(=O)[C@H](CCCCN)NC(=O)[C@@H](NC(=O)[C@H](CCCCN)NC(=O)[C@@H](NC(=O)[C@H](CC(C)C)NC(=O)[C@@H](N)CC(=O)O)[C@@H](C)CC)[C@@H](C)CC)[C@@H](C)CC)[C@@H](C)O)[C@@H](C)CC)C(=O)O. The number of nitrogens with one attached hydrogen (secondary N) is 17. The van der Waals surface area contributed by atoms with Crippen LogP contribution in [0.2, 0.25) is 0 Å². The number of carboxylic acid groups (broad SMARTS) is 3. The molecular formula is C95H165N23O26S. The summed E-state index contributed by atoms with van der Waals surface area (Å²) >= 11 is 4.36. The number of benzene rings is 1. The number of aliphatic hydroxyl groups excluding tert-OH is 2. The lowest BCUT2D eigenvalue weighted by atomic mass is 9.95. The number of thiol groups is 1. The molecule has 0 aromatic heterocycles. The van der Waals surface area contributed by atoms with E-state index < -0.39 is 307 Å². The fourth-order valence-corrected chi connectivity index (χ4v) is 15.2. The normalized spacial score (nSPS) is 16.3. The summed E-state index contributed by atoms with van der Waals surface area (Å²) in [4.78, 5) is 291. The molecule has 49 nitrogen and oxygen atoms in total. The number of aliphatic hydroxyl groups is 2. The van der Waals surface area contributed by atoms with Gasteiger partial charge in [0.25, 0.3) is 0 Å². The zero-order valence-electron chi connectivity index (χ0n) is 86.0. The van der Waals surface area contributed by atoms with Gasteiger partial charge in [-0.15, -0.1) is 0 Å². The molecular weight excluding hydrogens is 1910 g/mol. The van der Waals surface area contributed by atoms with Gasteiger partial charge in [-0.25, -0.2) is 4.79 Å². The highest BCUT2D eigenvalue weighted by molar-refractivity contribution is 7.80. The van der Waals surface area contributed by atoms with Crippen LogP contribution in [0.5, 0.6) is 0 Å². The number of hydrogen-bond acceptors (Lipinski definition) is 29. The summed E-state index contributed by atoms with van der Waals surface area (Å²) in [5.74, 6) is -26.3. The van der Waals surface area contributed by atoms with Gasteiger partial charge in [-0.2, -0.15) is 12.6 Å². The van der Waals surface area contributed by atoms with Crippen molar-refractivity contribution < 1.29 is 126 Å². The van der Waals surface area contributed by atoms with E-state index in [2.05, 4.69) is 103 Å². The maximum Gasteiger partial charge on any atom is 0.326 e. The lowest BCUT2D eigenvalue weighted by Crippen LogP contribution is -2.63. The van der Waals surface area contributed by atoms with Crippen molar-refractivity contribution in [3.63, 3.8) is 0 Å². The molecule has 0 aliphatic rings. The zero-order valence-corrected chi connectivity index (χ0v) is 86.9. The van der Waals surface area contributed by atoms with Crippen molar-refractivity contribution in [1.29, 1.82) is 0 Å². The van der Waals surface area contributed by atoms with Crippen LogP contribution in [-0.2, 0) is 107 Å². The number of hydrogen-bond donors (Lipinski definition) is 29. The van der Waals surface area contributed by atoms with Crippen molar-refractivity contribution in [2.75, 3.05) is 38.5 Å². The van der Waals surface area contributed by atoms with E-state index in [-0.39, 0.29) is 116 Å². The Balaban J connectivity index is 3.69. The van der Waals surface area contributed by atoms with E-state index in [0.29, 0.717) is 44.1 Å². The second kappa shape index (κ2) is 70.0. The number of carboxylic acids is 3. The smallest absolute Gasteiger partial charge is 0.326 e. The van der Waals surface area contributed by atoms with Crippen LogP contribution in [0.1, 0.15) is 244 Å². The molecule has 18 amide bonds. The van der Waals surface area contributed by atoms with Gasteiger partial charge in [0.2, 0.25) is 106 Å². The maximum atomic E-state index is 14.7. The number of rotatable bonds is 75. The molecule has 145 heavy (non-hydrogen) atoms. The number of carbonyl (C=O) groups excluding carboxylic acids is 18. The lowest BCUT2D eigenvalue weighted by Gasteiger charge is -2.31. The molecule has 1 aromatic rings. The van der Waals surface area contributed by atoms with Crippen molar-refractivity contribution in [2.24, 2.45) is 69.9 Å². The van der Waals surface area contributed by atoms with Gasteiger partial charge in [0.15, 0.2) is 0 Å². The van der Waals surface area contributed by atoms with Gasteiger partial charge < -0.3 is 150 Å². The summed E-state index contributed by atoms with van der Waals surface area (Å²) < 4.78 is 0. The minimum absolute atomic E-state index is 0.0116. The molecule has 0 radical (unpaired) electrons. The van der Waals surface area contributed by atoms with E-state index in [1.54, 1.807) is 106 Å². The molecule has 0 fully saturated rings. The van der Waals surface area contributed by atoms with Crippen molar-refractivity contribution in [1.82, 2.24) is 90.4 Å². The fourth-order valence-electron chi connectivity index (χ4n) is 14.9. The third-order valence-electron chi connectivity index (χ3n) is 25.0. The van der Waals surface area contributed by atoms with E-state index in [1.807, 2.05) is 0 Å². The van der Waals surface area contributed by atoms with Gasteiger partial charge >= 0.3 is 17.9 Å². The van der Waals surface area contributed by atoms with Crippen molar-refractivity contribution in [3.05, 3.63) is 35.9 Å². The molecule has 0 aliphatic heterocycles. The van der Waals surface area contributed by atoms with Gasteiger partial charge in [-0.1, -0.05) is 146 Å². The Labute approximate surface area is 853 Å². The van der Waals surface area contributed by atoms with E-state index in [0.717, 1.165) is 6.92 Å². The first-order valence-electron chi connectivity index (χ1n) is 50.0. The molecule has 50 heteroatoms. The minimum Gasteiger partial charge on any atom is -0.481 e. The second-order valence-electron chi connectivity index (χ2n) is 37.4. The molecule has 0 aliphatic carbocycles. The van der Waals surface area contributed by atoms with E-state index in [4.69, 9.17) is 34.4 Å². The molecule has 24 atom stereocenters. The summed E-state index contributed by atoms with van der Waals surface area (Å²) in [6.07, 6.45) is -1.82. The minimum atomic E-state index is -1.99.